The van der Waals surface area contributed by atoms with Crippen LogP contribution in [0.1, 0.15) is 51.5 Å². The van der Waals surface area contributed by atoms with E-state index in [4.69, 9.17) is 9.47 Å². The van der Waals surface area contributed by atoms with Crippen molar-refractivity contribution < 1.29 is 9.47 Å². The Balaban J connectivity index is 1.82. The van der Waals surface area contributed by atoms with Crippen LogP contribution in [0.4, 0.5) is 5.69 Å². The number of nitrogens with zero attached hydrogens (tertiary/aromatic N) is 1. The van der Waals surface area contributed by atoms with Crippen LogP contribution in [0.2, 0.25) is 0 Å². The summed E-state index contributed by atoms with van der Waals surface area (Å²) in [6, 6.07) is 15.9. The molecule has 0 N–H and O–H groups in total. The van der Waals surface area contributed by atoms with E-state index in [2.05, 4.69) is 18.8 Å². The summed E-state index contributed by atoms with van der Waals surface area (Å²) < 4.78 is 11.4. The van der Waals surface area contributed by atoms with E-state index in [1.165, 1.54) is 12.8 Å². The number of ether oxygens (including phenoxy) is 2. The van der Waals surface area contributed by atoms with Crippen molar-refractivity contribution in [1.82, 2.24) is 0 Å². The van der Waals surface area contributed by atoms with Gasteiger partial charge in [0.15, 0.2) is 0 Å². The lowest BCUT2D eigenvalue weighted by Crippen LogP contribution is -1.96. The van der Waals surface area contributed by atoms with Crippen LogP contribution < -0.4 is 9.47 Å². The van der Waals surface area contributed by atoms with E-state index >= 15 is 0 Å². The molecule has 2 rings (SSSR count). The average molecular weight is 339 g/mol. The second kappa shape index (κ2) is 11.3. The van der Waals surface area contributed by atoms with Crippen LogP contribution in [0.15, 0.2) is 53.5 Å². The summed E-state index contributed by atoms with van der Waals surface area (Å²) in [6.07, 6.45) is 7.63. The zero-order chi connectivity index (χ0) is 17.7. The zero-order valence-electron chi connectivity index (χ0n) is 15.4. The summed E-state index contributed by atoms with van der Waals surface area (Å²) in [6.45, 7) is 5.91. The van der Waals surface area contributed by atoms with Gasteiger partial charge >= 0.3 is 0 Å². The number of hydrogen-bond donors (Lipinski definition) is 0. The maximum Gasteiger partial charge on any atom is 0.119 e. The van der Waals surface area contributed by atoms with Crippen molar-refractivity contribution in [1.29, 1.82) is 0 Å². The van der Waals surface area contributed by atoms with E-state index in [0.29, 0.717) is 0 Å². The minimum absolute atomic E-state index is 0.775. The van der Waals surface area contributed by atoms with Crippen molar-refractivity contribution in [2.24, 2.45) is 4.99 Å². The Morgan fingerprint density at radius 3 is 1.88 bits per heavy atom. The minimum Gasteiger partial charge on any atom is -0.494 e. The van der Waals surface area contributed by atoms with E-state index in [0.717, 1.165) is 55.2 Å². The fraction of sp³-hybridized carbons (Fsp3) is 0.409. The molecule has 2 aromatic carbocycles. The van der Waals surface area contributed by atoms with Crippen molar-refractivity contribution in [3.05, 3.63) is 54.1 Å². The first-order valence-corrected chi connectivity index (χ1v) is 9.31. The van der Waals surface area contributed by atoms with E-state index in [-0.39, 0.29) is 0 Å². The Morgan fingerprint density at radius 2 is 1.28 bits per heavy atom. The molecular weight excluding hydrogens is 310 g/mol. The van der Waals surface area contributed by atoms with Gasteiger partial charge < -0.3 is 9.47 Å². The molecule has 0 heterocycles. The van der Waals surface area contributed by atoms with Crippen LogP contribution in [0, 0.1) is 0 Å². The van der Waals surface area contributed by atoms with Crippen molar-refractivity contribution in [3.63, 3.8) is 0 Å². The summed E-state index contributed by atoms with van der Waals surface area (Å²) in [5.41, 5.74) is 1.98. The predicted octanol–water partition coefficient (Wildman–Crippen LogP) is 6.19. The third kappa shape index (κ3) is 7.42. The summed E-state index contributed by atoms with van der Waals surface area (Å²) in [5, 5.41) is 0. The monoisotopic (exact) mass is 339 g/mol. The number of hydrogen-bond acceptors (Lipinski definition) is 3. The molecule has 0 aromatic heterocycles. The van der Waals surface area contributed by atoms with E-state index < -0.39 is 0 Å². The molecule has 0 fully saturated rings. The highest BCUT2D eigenvalue weighted by Gasteiger charge is 1.96. The highest BCUT2D eigenvalue weighted by molar-refractivity contribution is 5.82. The molecule has 0 radical (unpaired) electrons. The Bertz CT molecular complexity index is 617. The molecule has 0 aliphatic heterocycles. The molecule has 0 saturated heterocycles. The molecule has 0 saturated carbocycles. The van der Waals surface area contributed by atoms with Crippen LogP contribution in [0.5, 0.6) is 11.5 Å². The number of unbranched alkanes of at least 4 members (excludes halogenated alkanes) is 3. The molecular formula is C22H29NO2. The highest BCUT2D eigenvalue weighted by Crippen LogP contribution is 2.19. The number of benzene rings is 2. The van der Waals surface area contributed by atoms with Crippen LogP contribution in [-0.4, -0.2) is 19.4 Å². The SMILES string of the molecule is CCCCCOc1ccc(N=Cc2ccc(OCCCC)cc2)cc1. The molecule has 0 bridgehead atoms. The van der Waals surface area contributed by atoms with Crippen LogP contribution >= 0.6 is 0 Å². The number of aliphatic imine (C=N–C) groups is 1. The first-order valence-electron chi connectivity index (χ1n) is 9.31. The van der Waals surface area contributed by atoms with Gasteiger partial charge in [-0.15, -0.1) is 0 Å². The fourth-order valence-corrected chi connectivity index (χ4v) is 2.30. The topological polar surface area (TPSA) is 30.8 Å². The molecule has 0 aliphatic carbocycles. The van der Waals surface area contributed by atoms with E-state index in [1.807, 2.05) is 54.7 Å². The van der Waals surface area contributed by atoms with Gasteiger partial charge in [-0.3, -0.25) is 4.99 Å². The summed E-state index contributed by atoms with van der Waals surface area (Å²) >= 11 is 0. The van der Waals surface area contributed by atoms with Crippen molar-refractivity contribution in [3.8, 4) is 11.5 Å². The largest absolute Gasteiger partial charge is 0.494 e. The molecule has 2 aromatic rings. The van der Waals surface area contributed by atoms with Gasteiger partial charge in [0.25, 0.3) is 0 Å². The molecule has 3 nitrogen and oxygen atoms in total. The van der Waals surface area contributed by atoms with Gasteiger partial charge in [-0.1, -0.05) is 33.1 Å². The lowest BCUT2D eigenvalue weighted by molar-refractivity contribution is 0.306. The summed E-state index contributed by atoms with van der Waals surface area (Å²) in [5.74, 6) is 1.82. The average Bonchev–Trinajstić information content (AvgIpc) is 2.66. The van der Waals surface area contributed by atoms with E-state index in [1.54, 1.807) is 0 Å². The Labute approximate surface area is 151 Å². The zero-order valence-corrected chi connectivity index (χ0v) is 15.4. The smallest absolute Gasteiger partial charge is 0.119 e. The molecule has 0 aliphatic rings. The normalized spacial score (nSPS) is 11.0. The lowest BCUT2D eigenvalue weighted by Gasteiger charge is -2.06. The van der Waals surface area contributed by atoms with Crippen LogP contribution in [0.3, 0.4) is 0 Å². The van der Waals surface area contributed by atoms with Gasteiger partial charge in [0.2, 0.25) is 0 Å². The quantitative estimate of drug-likeness (QED) is 0.361. The Kier molecular flexibility index (Phi) is 8.60. The first kappa shape index (κ1) is 19.0. The number of rotatable bonds is 11. The van der Waals surface area contributed by atoms with Gasteiger partial charge in [0.1, 0.15) is 11.5 Å². The predicted molar refractivity (Wildman–Crippen MR) is 106 cm³/mol. The Hall–Kier alpha value is -2.29. The van der Waals surface area contributed by atoms with Gasteiger partial charge in [-0.25, -0.2) is 0 Å². The third-order valence-electron chi connectivity index (χ3n) is 3.86. The Morgan fingerprint density at radius 1 is 0.720 bits per heavy atom. The molecule has 3 heteroatoms. The molecule has 0 spiro atoms. The molecule has 134 valence electrons. The molecule has 0 atom stereocenters. The minimum atomic E-state index is 0.775. The van der Waals surface area contributed by atoms with E-state index in [9.17, 15) is 0 Å². The molecule has 0 amide bonds. The van der Waals surface area contributed by atoms with Crippen molar-refractivity contribution in [2.45, 2.75) is 46.0 Å². The van der Waals surface area contributed by atoms with Gasteiger partial charge in [0, 0.05) is 6.21 Å². The van der Waals surface area contributed by atoms with Gasteiger partial charge in [0.05, 0.1) is 18.9 Å². The first-order chi connectivity index (χ1) is 12.3. The standard InChI is InChI=1S/C22H29NO2/c1-3-5-7-17-25-22-14-10-20(11-15-22)23-18-19-8-12-21(13-9-19)24-16-6-4-2/h8-15,18H,3-7,16-17H2,1-2H3. The second-order valence-electron chi connectivity index (χ2n) is 6.08. The highest BCUT2D eigenvalue weighted by atomic mass is 16.5. The van der Waals surface area contributed by atoms with Crippen LogP contribution in [-0.2, 0) is 0 Å². The van der Waals surface area contributed by atoms with Crippen molar-refractivity contribution >= 4 is 11.9 Å². The van der Waals surface area contributed by atoms with Crippen LogP contribution in [0.25, 0.3) is 0 Å². The lowest BCUT2D eigenvalue weighted by atomic mass is 10.2. The van der Waals surface area contributed by atoms with Gasteiger partial charge in [-0.2, -0.15) is 0 Å². The van der Waals surface area contributed by atoms with Gasteiger partial charge in [-0.05, 0) is 66.9 Å². The third-order valence-corrected chi connectivity index (χ3v) is 3.86. The fourth-order valence-electron chi connectivity index (χ4n) is 2.30. The maximum atomic E-state index is 5.71. The molecule has 0 unspecified atom stereocenters. The summed E-state index contributed by atoms with van der Waals surface area (Å²) in [7, 11) is 0. The second-order valence-corrected chi connectivity index (χ2v) is 6.08. The summed E-state index contributed by atoms with van der Waals surface area (Å²) in [4.78, 5) is 4.51. The molecule has 25 heavy (non-hydrogen) atoms. The maximum absolute atomic E-state index is 5.71. The van der Waals surface area contributed by atoms with Crippen molar-refractivity contribution in [2.75, 3.05) is 13.2 Å².